The van der Waals surface area contributed by atoms with E-state index in [0.717, 1.165) is 22.6 Å². The van der Waals surface area contributed by atoms with Crippen molar-refractivity contribution in [2.24, 2.45) is 11.7 Å². The van der Waals surface area contributed by atoms with E-state index in [1.54, 1.807) is 0 Å². The largest absolute Gasteiger partial charge is 0.330 e. The molecular formula is C12H16BrClN2. The van der Waals surface area contributed by atoms with Crippen LogP contribution in [0.1, 0.15) is 18.0 Å². The number of nitrogens with zero attached hydrogens (tertiary/aromatic N) is 1. The van der Waals surface area contributed by atoms with E-state index in [0.29, 0.717) is 12.0 Å². The Kier molecular flexibility index (Phi) is 3.90. The second-order valence-corrected chi connectivity index (χ2v) is 5.67. The zero-order chi connectivity index (χ0) is 11.7. The van der Waals surface area contributed by atoms with Crippen LogP contribution in [-0.2, 0) is 0 Å². The average Bonchev–Trinajstić information content (AvgIpc) is 2.60. The molecule has 4 heteroatoms. The molecule has 1 aromatic rings. The van der Waals surface area contributed by atoms with Crippen molar-refractivity contribution in [3.63, 3.8) is 0 Å². The van der Waals surface area contributed by atoms with E-state index in [4.69, 9.17) is 17.3 Å². The summed E-state index contributed by atoms with van der Waals surface area (Å²) in [5.41, 5.74) is 7.13. The summed E-state index contributed by atoms with van der Waals surface area (Å²) in [5.74, 6) is 0.544. The lowest BCUT2D eigenvalue weighted by molar-refractivity contribution is 0.278. The Morgan fingerprint density at radius 3 is 2.94 bits per heavy atom. The van der Waals surface area contributed by atoms with Gasteiger partial charge in [0, 0.05) is 15.5 Å². The van der Waals surface area contributed by atoms with E-state index in [9.17, 15) is 0 Å². The van der Waals surface area contributed by atoms with E-state index in [-0.39, 0.29) is 0 Å². The molecule has 1 heterocycles. The molecule has 2 N–H and O–H groups in total. The van der Waals surface area contributed by atoms with Gasteiger partial charge >= 0.3 is 0 Å². The van der Waals surface area contributed by atoms with Crippen molar-refractivity contribution in [2.75, 3.05) is 20.1 Å². The number of nitrogens with two attached hydrogens (primary N) is 1. The molecule has 2 rings (SSSR count). The van der Waals surface area contributed by atoms with E-state index >= 15 is 0 Å². The minimum Gasteiger partial charge on any atom is -0.330 e. The van der Waals surface area contributed by atoms with E-state index in [2.05, 4.69) is 33.9 Å². The van der Waals surface area contributed by atoms with Crippen LogP contribution >= 0.6 is 27.5 Å². The topological polar surface area (TPSA) is 29.3 Å². The van der Waals surface area contributed by atoms with Gasteiger partial charge in [0.05, 0.1) is 0 Å². The summed E-state index contributed by atoms with van der Waals surface area (Å²) in [6, 6.07) is 6.41. The molecule has 1 aliphatic rings. The van der Waals surface area contributed by atoms with Gasteiger partial charge < -0.3 is 5.73 Å². The Morgan fingerprint density at radius 1 is 1.56 bits per heavy atom. The normalized spacial score (nSPS) is 26.2. The van der Waals surface area contributed by atoms with Gasteiger partial charge in [-0.25, -0.2) is 0 Å². The molecule has 1 fully saturated rings. The van der Waals surface area contributed by atoms with Gasteiger partial charge in [0.25, 0.3) is 0 Å². The molecular weight excluding hydrogens is 288 g/mol. The number of hydrogen-bond donors (Lipinski definition) is 1. The number of halogens is 2. The SMILES string of the molecule is CN1CCC(CN)C1c1ccc(Cl)cc1Br. The van der Waals surface area contributed by atoms with Gasteiger partial charge in [-0.1, -0.05) is 33.6 Å². The number of likely N-dealkylation sites (tertiary alicyclic amines) is 1. The van der Waals surface area contributed by atoms with Gasteiger partial charge in [0.1, 0.15) is 0 Å². The number of benzene rings is 1. The van der Waals surface area contributed by atoms with Gasteiger partial charge in [-0.2, -0.15) is 0 Å². The van der Waals surface area contributed by atoms with Gasteiger partial charge in [-0.15, -0.1) is 0 Å². The van der Waals surface area contributed by atoms with Gasteiger partial charge in [-0.05, 0) is 50.2 Å². The van der Waals surface area contributed by atoms with Crippen molar-refractivity contribution < 1.29 is 0 Å². The fourth-order valence-corrected chi connectivity index (χ4v) is 3.42. The molecule has 1 aromatic carbocycles. The van der Waals surface area contributed by atoms with Crippen molar-refractivity contribution >= 4 is 27.5 Å². The standard InChI is InChI=1S/C12H16BrClN2/c1-16-5-4-8(7-15)12(16)10-3-2-9(14)6-11(10)13/h2-3,6,8,12H,4-5,7,15H2,1H3. The van der Waals surface area contributed by atoms with Crippen molar-refractivity contribution in [1.29, 1.82) is 0 Å². The lowest BCUT2D eigenvalue weighted by Crippen LogP contribution is -2.25. The molecule has 2 atom stereocenters. The summed E-state index contributed by atoms with van der Waals surface area (Å²) in [4.78, 5) is 2.37. The highest BCUT2D eigenvalue weighted by Crippen LogP contribution is 2.39. The summed E-state index contributed by atoms with van der Waals surface area (Å²) in [6.07, 6.45) is 1.17. The first kappa shape index (κ1) is 12.4. The quantitative estimate of drug-likeness (QED) is 0.910. The molecule has 0 bridgehead atoms. The highest BCUT2D eigenvalue weighted by atomic mass is 79.9. The number of hydrogen-bond acceptors (Lipinski definition) is 2. The van der Waals surface area contributed by atoms with Crippen LogP contribution in [0.2, 0.25) is 5.02 Å². The molecule has 0 radical (unpaired) electrons. The molecule has 0 aromatic heterocycles. The third-order valence-corrected chi connectivity index (χ3v) is 4.28. The maximum absolute atomic E-state index is 5.96. The zero-order valence-corrected chi connectivity index (χ0v) is 11.6. The number of rotatable bonds is 2. The minimum atomic E-state index is 0.414. The molecule has 0 aliphatic carbocycles. The minimum absolute atomic E-state index is 0.414. The second-order valence-electron chi connectivity index (χ2n) is 4.38. The Bertz CT molecular complexity index is 383. The molecule has 0 saturated carbocycles. The first-order chi connectivity index (χ1) is 7.63. The zero-order valence-electron chi connectivity index (χ0n) is 9.29. The van der Waals surface area contributed by atoms with Crippen LogP contribution < -0.4 is 5.73 Å². The molecule has 2 unspecified atom stereocenters. The van der Waals surface area contributed by atoms with Crippen LogP contribution in [0.4, 0.5) is 0 Å². The Balaban J connectivity index is 2.34. The average molecular weight is 304 g/mol. The second kappa shape index (κ2) is 5.05. The van der Waals surface area contributed by atoms with Crippen molar-refractivity contribution in [2.45, 2.75) is 12.5 Å². The summed E-state index contributed by atoms with van der Waals surface area (Å²) in [6.45, 7) is 1.85. The van der Waals surface area contributed by atoms with Crippen LogP contribution in [0.25, 0.3) is 0 Å². The third-order valence-electron chi connectivity index (χ3n) is 3.36. The van der Waals surface area contributed by atoms with Gasteiger partial charge in [0.2, 0.25) is 0 Å². The van der Waals surface area contributed by atoms with Crippen LogP contribution in [0.3, 0.4) is 0 Å². The lowest BCUT2D eigenvalue weighted by Gasteiger charge is -2.25. The van der Waals surface area contributed by atoms with Gasteiger partial charge in [-0.3, -0.25) is 4.90 Å². The molecule has 0 amide bonds. The van der Waals surface area contributed by atoms with Crippen LogP contribution in [-0.4, -0.2) is 25.0 Å². The highest BCUT2D eigenvalue weighted by Gasteiger charge is 2.32. The van der Waals surface area contributed by atoms with E-state index < -0.39 is 0 Å². The monoisotopic (exact) mass is 302 g/mol. The van der Waals surface area contributed by atoms with Crippen LogP contribution in [0.15, 0.2) is 22.7 Å². The van der Waals surface area contributed by atoms with E-state index in [1.807, 2.05) is 12.1 Å². The molecule has 0 spiro atoms. The lowest BCUT2D eigenvalue weighted by atomic mass is 9.94. The summed E-state index contributed by atoms with van der Waals surface area (Å²) < 4.78 is 1.08. The molecule has 1 aliphatic heterocycles. The van der Waals surface area contributed by atoms with Crippen LogP contribution in [0, 0.1) is 5.92 Å². The fourth-order valence-electron chi connectivity index (χ4n) is 2.51. The van der Waals surface area contributed by atoms with Crippen molar-refractivity contribution in [1.82, 2.24) is 4.90 Å². The first-order valence-corrected chi connectivity index (χ1v) is 6.66. The maximum atomic E-state index is 5.96. The Labute approximate surface area is 110 Å². The summed E-state index contributed by atoms with van der Waals surface area (Å²) >= 11 is 9.55. The predicted molar refractivity (Wildman–Crippen MR) is 71.7 cm³/mol. The smallest absolute Gasteiger partial charge is 0.0417 e. The third kappa shape index (κ3) is 2.28. The maximum Gasteiger partial charge on any atom is 0.0417 e. The molecule has 16 heavy (non-hydrogen) atoms. The van der Waals surface area contributed by atoms with Crippen molar-refractivity contribution in [3.8, 4) is 0 Å². The predicted octanol–water partition coefficient (Wildman–Crippen LogP) is 3.05. The summed E-state index contributed by atoms with van der Waals surface area (Å²) in [7, 11) is 2.15. The fraction of sp³-hybridized carbons (Fsp3) is 0.500. The van der Waals surface area contributed by atoms with Crippen molar-refractivity contribution in [3.05, 3.63) is 33.3 Å². The molecule has 2 nitrogen and oxygen atoms in total. The van der Waals surface area contributed by atoms with Crippen LogP contribution in [0.5, 0.6) is 0 Å². The molecule has 1 saturated heterocycles. The highest BCUT2D eigenvalue weighted by molar-refractivity contribution is 9.10. The van der Waals surface area contributed by atoms with E-state index in [1.165, 1.54) is 12.0 Å². The molecule has 88 valence electrons. The first-order valence-electron chi connectivity index (χ1n) is 5.48. The Morgan fingerprint density at radius 2 is 2.31 bits per heavy atom. The van der Waals surface area contributed by atoms with Gasteiger partial charge in [0.15, 0.2) is 0 Å². The summed E-state index contributed by atoms with van der Waals surface area (Å²) in [5, 5.41) is 0.764. The Hall–Kier alpha value is -0.0900.